The summed E-state index contributed by atoms with van der Waals surface area (Å²) in [6.07, 6.45) is 1.01. The molecule has 1 aliphatic heterocycles. The molecule has 3 aromatic rings. The maximum atomic E-state index is 13.8. The predicted octanol–water partition coefficient (Wildman–Crippen LogP) is 4.00. The Bertz CT molecular complexity index is 1220. The highest BCUT2D eigenvalue weighted by Gasteiger charge is 2.23. The average molecular weight is 488 g/mol. The van der Waals surface area contributed by atoms with E-state index < -0.39 is 15.8 Å². The van der Waals surface area contributed by atoms with Gasteiger partial charge >= 0.3 is 0 Å². The first-order chi connectivity index (χ1) is 15.8. The number of benzene rings is 2. The Morgan fingerprint density at radius 3 is 2.55 bits per heavy atom. The molecule has 4 rings (SSSR count). The van der Waals surface area contributed by atoms with Gasteiger partial charge in [0.05, 0.1) is 4.90 Å². The Hall–Kier alpha value is -2.75. The van der Waals surface area contributed by atoms with Gasteiger partial charge in [0.25, 0.3) is 15.9 Å². The molecule has 33 heavy (non-hydrogen) atoms. The number of hydrogen-bond donors (Lipinski definition) is 1. The molecule has 0 saturated carbocycles. The fourth-order valence-corrected chi connectivity index (χ4v) is 5.51. The number of aryl methyl sites for hydroxylation is 1. The van der Waals surface area contributed by atoms with Gasteiger partial charge in [0, 0.05) is 48.9 Å². The molecule has 0 aliphatic carbocycles. The van der Waals surface area contributed by atoms with Crippen molar-refractivity contribution in [2.45, 2.75) is 18.2 Å². The number of anilines is 1. The van der Waals surface area contributed by atoms with Crippen LogP contribution in [0.1, 0.15) is 20.8 Å². The Labute approximate surface area is 197 Å². The van der Waals surface area contributed by atoms with Crippen molar-refractivity contribution in [3.05, 3.63) is 81.8 Å². The van der Waals surface area contributed by atoms with E-state index in [0.29, 0.717) is 24.2 Å². The van der Waals surface area contributed by atoms with Crippen LogP contribution in [-0.4, -0.2) is 56.8 Å². The Morgan fingerprint density at radius 1 is 1.06 bits per heavy atom. The average Bonchev–Trinajstić information content (AvgIpc) is 3.33. The van der Waals surface area contributed by atoms with Gasteiger partial charge in [0.2, 0.25) is 0 Å². The van der Waals surface area contributed by atoms with Crippen molar-refractivity contribution in [2.24, 2.45) is 0 Å². The zero-order valence-electron chi connectivity index (χ0n) is 18.3. The molecule has 1 saturated heterocycles. The van der Waals surface area contributed by atoms with Gasteiger partial charge in [0.1, 0.15) is 5.82 Å². The normalized spacial score (nSPS) is 14.9. The van der Waals surface area contributed by atoms with Gasteiger partial charge in [-0.25, -0.2) is 12.8 Å². The monoisotopic (exact) mass is 487 g/mol. The first kappa shape index (κ1) is 23.4. The van der Waals surface area contributed by atoms with Crippen LogP contribution in [0.15, 0.2) is 64.9 Å². The molecule has 174 valence electrons. The molecule has 1 amide bonds. The molecule has 9 heteroatoms. The first-order valence-corrected chi connectivity index (χ1v) is 13.1. The van der Waals surface area contributed by atoms with E-state index in [1.54, 1.807) is 41.4 Å². The Morgan fingerprint density at radius 2 is 1.85 bits per heavy atom. The highest BCUT2D eigenvalue weighted by molar-refractivity contribution is 7.92. The zero-order valence-corrected chi connectivity index (χ0v) is 20.0. The zero-order chi connectivity index (χ0) is 23.4. The van der Waals surface area contributed by atoms with Gasteiger partial charge in [-0.2, -0.15) is 0 Å². The summed E-state index contributed by atoms with van der Waals surface area (Å²) in [5, 5.41) is 2.08. The van der Waals surface area contributed by atoms with Crippen LogP contribution in [-0.2, 0) is 16.4 Å². The van der Waals surface area contributed by atoms with E-state index >= 15 is 0 Å². The number of thiophene rings is 1. The highest BCUT2D eigenvalue weighted by Crippen LogP contribution is 2.20. The number of nitrogens with zero attached hydrogens (tertiary/aromatic N) is 2. The summed E-state index contributed by atoms with van der Waals surface area (Å²) >= 11 is 1.76. The van der Waals surface area contributed by atoms with Crippen LogP contribution >= 0.6 is 11.3 Å². The minimum absolute atomic E-state index is 0.129. The lowest BCUT2D eigenvalue weighted by Gasteiger charge is -2.34. The SMILES string of the molecule is Cc1ccc(S(=O)(=O)Nc2cccc(C(=O)N3CCN(CCc4cccs4)CC3)c2)cc1F. The number of amides is 1. The summed E-state index contributed by atoms with van der Waals surface area (Å²) in [4.78, 5) is 18.4. The smallest absolute Gasteiger partial charge is 0.261 e. The van der Waals surface area contributed by atoms with Crippen molar-refractivity contribution < 1.29 is 17.6 Å². The fourth-order valence-electron chi connectivity index (χ4n) is 3.75. The van der Waals surface area contributed by atoms with E-state index in [1.807, 2.05) is 0 Å². The summed E-state index contributed by atoms with van der Waals surface area (Å²) in [7, 11) is -3.97. The lowest BCUT2D eigenvalue weighted by molar-refractivity contribution is 0.0639. The van der Waals surface area contributed by atoms with E-state index in [1.165, 1.54) is 23.1 Å². The number of halogens is 1. The molecule has 1 aliphatic rings. The van der Waals surface area contributed by atoms with Crippen molar-refractivity contribution in [3.63, 3.8) is 0 Å². The first-order valence-electron chi connectivity index (χ1n) is 10.7. The fraction of sp³-hybridized carbons (Fsp3) is 0.292. The van der Waals surface area contributed by atoms with Crippen molar-refractivity contribution in [3.8, 4) is 0 Å². The second-order valence-corrected chi connectivity index (χ2v) is 10.8. The van der Waals surface area contributed by atoms with Gasteiger partial charge in [-0.1, -0.05) is 18.2 Å². The number of carbonyl (C=O) groups excluding carboxylic acids is 1. The van der Waals surface area contributed by atoms with Crippen LogP contribution in [0.5, 0.6) is 0 Å². The summed E-state index contributed by atoms with van der Waals surface area (Å²) in [6.45, 7) is 5.41. The van der Waals surface area contributed by atoms with E-state index in [-0.39, 0.29) is 16.5 Å². The minimum Gasteiger partial charge on any atom is -0.336 e. The van der Waals surface area contributed by atoms with Gasteiger partial charge in [-0.3, -0.25) is 14.4 Å². The second kappa shape index (κ2) is 10.0. The Balaban J connectivity index is 1.37. The molecule has 2 aromatic carbocycles. The maximum absolute atomic E-state index is 13.8. The van der Waals surface area contributed by atoms with Crippen LogP contribution in [0.25, 0.3) is 0 Å². The van der Waals surface area contributed by atoms with Crippen LogP contribution in [0.2, 0.25) is 0 Å². The van der Waals surface area contributed by atoms with Gasteiger partial charge in [-0.15, -0.1) is 11.3 Å². The maximum Gasteiger partial charge on any atom is 0.261 e. The third kappa shape index (κ3) is 5.79. The molecule has 0 radical (unpaired) electrons. The molecule has 1 N–H and O–H groups in total. The topological polar surface area (TPSA) is 69.7 Å². The minimum atomic E-state index is -3.97. The van der Waals surface area contributed by atoms with Gasteiger partial charge < -0.3 is 4.90 Å². The number of nitrogens with one attached hydrogen (secondary N) is 1. The summed E-state index contributed by atoms with van der Waals surface area (Å²) < 4.78 is 41.6. The van der Waals surface area contributed by atoms with Crippen LogP contribution in [0.4, 0.5) is 10.1 Å². The number of piperazine rings is 1. The molecule has 0 unspecified atom stereocenters. The van der Waals surface area contributed by atoms with Gasteiger partial charge in [-0.05, 0) is 60.7 Å². The highest BCUT2D eigenvalue weighted by atomic mass is 32.2. The summed E-state index contributed by atoms with van der Waals surface area (Å²) in [6, 6.07) is 14.4. The van der Waals surface area contributed by atoms with E-state index in [0.717, 1.165) is 32.1 Å². The number of sulfonamides is 1. The van der Waals surface area contributed by atoms with E-state index in [2.05, 4.69) is 27.1 Å². The lowest BCUT2D eigenvalue weighted by Crippen LogP contribution is -2.49. The van der Waals surface area contributed by atoms with Gasteiger partial charge in [0.15, 0.2) is 0 Å². The third-order valence-electron chi connectivity index (χ3n) is 5.73. The number of rotatable bonds is 7. The summed E-state index contributed by atoms with van der Waals surface area (Å²) in [5.41, 5.74) is 1.04. The van der Waals surface area contributed by atoms with Crippen molar-refractivity contribution in [1.82, 2.24) is 9.80 Å². The van der Waals surface area contributed by atoms with Crippen LogP contribution in [0.3, 0.4) is 0 Å². The molecule has 0 spiro atoms. The Kier molecular flexibility index (Phi) is 7.11. The quantitative estimate of drug-likeness (QED) is 0.547. The third-order valence-corrected chi connectivity index (χ3v) is 8.04. The van der Waals surface area contributed by atoms with E-state index in [4.69, 9.17) is 0 Å². The second-order valence-electron chi connectivity index (χ2n) is 8.06. The molecule has 2 heterocycles. The molecule has 1 fully saturated rings. The van der Waals surface area contributed by atoms with Crippen molar-refractivity contribution in [1.29, 1.82) is 0 Å². The molecular formula is C24H26FN3O3S2. The van der Waals surface area contributed by atoms with Crippen LogP contribution in [0, 0.1) is 12.7 Å². The largest absolute Gasteiger partial charge is 0.336 e. The van der Waals surface area contributed by atoms with E-state index in [9.17, 15) is 17.6 Å². The molecule has 6 nitrogen and oxygen atoms in total. The number of carbonyl (C=O) groups is 1. The van der Waals surface area contributed by atoms with Crippen molar-refractivity contribution >= 4 is 33.0 Å². The summed E-state index contributed by atoms with van der Waals surface area (Å²) in [5.74, 6) is -0.716. The molecule has 0 bridgehead atoms. The molecular weight excluding hydrogens is 461 g/mol. The standard InChI is InChI=1S/C24H26FN3O3S2/c1-18-7-8-22(17-23(18)25)33(30,31)26-20-5-2-4-19(16-20)24(29)28-13-11-27(12-14-28)10-9-21-6-3-15-32-21/h2-8,15-17,26H,9-14H2,1H3. The molecule has 1 aromatic heterocycles. The lowest BCUT2D eigenvalue weighted by atomic mass is 10.1. The van der Waals surface area contributed by atoms with Crippen molar-refractivity contribution in [2.75, 3.05) is 37.4 Å². The number of hydrogen-bond acceptors (Lipinski definition) is 5. The molecule has 0 atom stereocenters. The van der Waals surface area contributed by atoms with Crippen LogP contribution < -0.4 is 4.72 Å². The predicted molar refractivity (Wildman–Crippen MR) is 129 cm³/mol.